The Labute approximate surface area is 170 Å². The van der Waals surface area contributed by atoms with Crippen LogP contribution in [0.1, 0.15) is 18.4 Å². The Kier molecular flexibility index (Phi) is 4.92. The number of hydrogen-bond acceptors (Lipinski definition) is 5. The average Bonchev–Trinajstić information content (AvgIpc) is 3.45. The highest BCUT2D eigenvalue weighted by molar-refractivity contribution is 7.93. The Hall–Kier alpha value is -3.08. The Morgan fingerprint density at radius 2 is 1.70 bits per heavy atom. The normalized spacial score (nSPS) is 14.5. The lowest BCUT2D eigenvalue weighted by Crippen LogP contribution is -2.20. The van der Waals surface area contributed by atoms with Gasteiger partial charge in [0.2, 0.25) is 16.0 Å². The highest BCUT2D eigenvalue weighted by Gasteiger charge is 2.37. The van der Waals surface area contributed by atoms with Gasteiger partial charge in [0.25, 0.3) is 0 Å². The summed E-state index contributed by atoms with van der Waals surface area (Å²) in [6.45, 7) is 1.93. The topological polar surface area (TPSA) is 86.1 Å². The van der Waals surface area contributed by atoms with Crippen molar-refractivity contribution >= 4 is 16.0 Å². The fourth-order valence-corrected chi connectivity index (χ4v) is 4.07. The van der Waals surface area contributed by atoms with Crippen molar-refractivity contribution in [2.45, 2.75) is 31.4 Å². The number of sulfonamides is 1. The minimum Gasteiger partial charge on any atom is -0.406 e. The molecule has 0 radical (unpaired) electrons. The Bertz CT molecular complexity index is 1150. The molecule has 11 heteroatoms. The van der Waals surface area contributed by atoms with Gasteiger partial charge in [-0.05, 0) is 44.0 Å². The summed E-state index contributed by atoms with van der Waals surface area (Å²) in [5.74, 6) is -0.161. The molecule has 2 aromatic carbocycles. The first-order chi connectivity index (χ1) is 14.1. The summed E-state index contributed by atoms with van der Waals surface area (Å²) in [6.07, 6.45) is -3.67. The monoisotopic (exact) mass is 438 g/mol. The molecule has 0 spiro atoms. The van der Waals surface area contributed by atoms with Gasteiger partial charge in [0.05, 0.1) is 10.9 Å². The molecule has 3 aromatic rings. The number of benzene rings is 2. The number of nitrogens with one attached hydrogen (secondary N) is 1. The number of nitrogens with zero attached hydrogens (tertiary/aromatic N) is 3. The number of alkyl halides is 3. The summed E-state index contributed by atoms with van der Waals surface area (Å²) < 4.78 is 69.6. The van der Waals surface area contributed by atoms with Crippen molar-refractivity contribution in [1.29, 1.82) is 0 Å². The predicted octanol–water partition coefficient (Wildman–Crippen LogP) is 4.05. The zero-order chi connectivity index (χ0) is 21.5. The van der Waals surface area contributed by atoms with Crippen molar-refractivity contribution in [2.24, 2.45) is 0 Å². The molecule has 0 aliphatic heterocycles. The fourth-order valence-electron chi connectivity index (χ4n) is 2.76. The Balaban J connectivity index is 1.72. The zero-order valence-corrected chi connectivity index (χ0v) is 16.5. The highest BCUT2D eigenvalue weighted by Crippen LogP contribution is 2.31. The number of ether oxygens (including phenoxy) is 1. The van der Waals surface area contributed by atoms with E-state index in [1.807, 2.05) is 19.1 Å². The van der Waals surface area contributed by atoms with Gasteiger partial charge in [-0.25, -0.2) is 8.42 Å². The van der Waals surface area contributed by atoms with Gasteiger partial charge in [0.1, 0.15) is 5.75 Å². The van der Waals surface area contributed by atoms with Crippen molar-refractivity contribution in [2.75, 3.05) is 4.72 Å². The summed E-state index contributed by atoms with van der Waals surface area (Å²) in [4.78, 5) is 4.31. The second-order valence-corrected chi connectivity index (χ2v) is 8.89. The lowest BCUT2D eigenvalue weighted by molar-refractivity contribution is -0.274. The third-order valence-electron chi connectivity index (χ3n) is 4.43. The van der Waals surface area contributed by atoms with E-state index >= 15 is 0 Å². The molecule has 4 rings (SSSR count). The molecule has 158 valence electrons. The van der Waals surface area contributed by atoms with E-state index in [0.717, 1.165) is 17.7 Å². The smallest absolute Gasteiger partial charge is 0.406 e. The maximum absolute atomic E-state index is 12.4. The molecule has 0 amide bonds. The van der Waals surface area contributed by atoms with Gasteiger partial charge >= 0.3 is 6.36 Å². The molecule has 0 unspecified atom stereocenters. The fraction of sp³-hybridized carbons (Fsp3) is 0.263. The van der Waals surface area contributed by atoms with Gasteiger partial charge in [-0.2, -0.15) is 9.67 Å². The Morgan fingerprint density at radius 1 is 1.07 bits per heavy atom. The van der Waals surface area contributed by atoms with Crippen LogP contribution in [0.25, 0.3) is 17.1 Å². The molecule has 1 fully saturated rings. The Morgan fingerprint density at radius 3 is 2.27 bits per heavy atom. The first-order valence-corrected chi connectivity index (χ1v) is 10.6. The van der Waals surface area contributed by atoms with Crippen molar-refractivity contribution in [1.82, 2.24) is 14.8 Å². The second kappa shape index (κ2) is 7.31. The van der Waals surface area contributed by atoms with E-state index in [0.29, 0.717) is 24.1 Å². The third kappa shape index (κ3) is 4.56. The van der Waals surface area contributed by atoms with E-state index in [1.54, 1.807) is 12.1 Å². The van der Waals surface area contributed by atoms with E-state index in [4.69, 9.17) is 0 Å². The second-order valence-electron chi connectivity index (χ2n) is 6.92. The van der Waals surface area contributed by atoms with Crippen LogP contribution in [-0.4, -0.2) is 34.8 Å². The summed E-state index contributed by atoms with van der Waals surface area (Å²) in [5, 5.41) is 3.89. The molecule has 1 aromatic heterocycles. The number of hydrogen-bond donors (Lipinski definition) is 1. The maximum Gasteiger partial charge on any atom is 0.573 e. The molecule has 0 saturated heterocycles. The van der Waals surface area contributed by atoms with Crippen LogP contribution in [0.5, 0.6) is 5.75 Å². The number of anilines is 1. The summed E-state index contributed by atoms with van der Waals surface area (Å²) >= 11 is 0. The van der Waals surface area contributed by atoms with Crippen molar-refractivity contribution < 1.29 is 26.3 Å². The number of aryl methyl sites for hydroxylation is 1. The molecule has 1 saturated carbocycles. The van der Waals surface area contributed by atoms with Gasteiger partial charge in [-0.15, -0.1) is 18.3 Å². The summed E-state index contributed by atoms with van der Waals surface area (Å²) in [6, 6.07) is 12.3. The van der Waals surface area contributed by atoms with E-state index in [2.05, 4.69) is 19.5 Å². The van der Waals surface area contributed by atoms with Crippen LogP contribution in [0.2, 0.25) is 0 Å². The molecule has 30 heavy (non-hydrogen) atoms. The average molecular weight is 438 g/mol. The molecule has 1 N–H and O–H groups in total. The molecule has 1 heterocycles. The van der Waals surface area contributed by atoms with E-state index in [-0.39, 0.29) is 11.8 Å². The van der Waals surface area contributed by atoms with E-state index < -0.39 is 27.4 Å². The van der Waals surface area contributed by atoms with Gasteiger partial charge in [0, 0.05) is 5.56 Å². The predicted molar refractivity (Wildman–Crippen MR) is 104 cm³/mol. The molecule has 0 bridgehead atoms. The van der Waals surface area contributed by atoms with Crippen LogP contribution in [-0.2, 0) is 10.0 Å². The van der Waals surface area contributed by atoms with Crippen molar-refractivity contribution in [3.63, 3.8) is 0 Å². The molecule has 1 aliphatic rings. The van der Waals surface area contributed by atoms with Gasteiger partial charge in [0.15, 0.2) is 5.82 Å². The zero-order valence-electron chi connectivity index (χ0n) is 15.7. The first kappa shape index (κ1) is 20.2. The number of rotatable bonds is 6. The first-order valence-electron chi connectivity index (χ1n) is 9.03. The van der Waals surface area contributed by atoms with Crippen molar-refractivity contribution in [3.8, 4) is 22.8 Å². The standard InChI is InChI=1S/C19H17F3N4O3S/c1-12-2-4-13(5-3-12)17-23-18(25-30(27,28)16-10-11-16)26(24-17)14-6-8-15(9-7-14)29-19(20,21)22/h2-9,16H,10-11H2,1H3,(H,23,24,25). The summed E-state index contributed by atoms with van der Waals surface area (Å²) in [5.41, 5.74) is 2.03. The molecule has 7 nitrogen and oxygen atoms in total. The van der Waals surface area contributed by atoms with Crippen LogP contribution in [0.15, 0.2) is 48.5 Å². The molecule has 0 atom stereocenters. The molecule has 1 aliphatic carbocycles. The lowest BCUT2D eigenvalue weighted by Gasteiger charge is -2.11. The maximum atomic E-state index is 12.4. The molecular weight excluding hydrogens is 421 g/mol. The van der Waals surface area contributed by atoms with Gasteiger partial charge < -0.3 is 4.74 Å². The van der Waals surface area contributed by atoms with Crippen LogP contribution in [0.4, 0.5) is 19.1 Å². The van der Waals surface area contributed by atoms with E-state index in [9.17, 15) is 21.6 Å². The number of aromatic nitrogens is 3. The van der Waals surface area contributed by atoms with E-state index in [1.165, 1.54) is 16.8 Å². The van der Waals surface area contributed by atoms with Crippen molar-refractivity contribution in [3.05, 3.63) is 54.1 Å². The van der Waals surface area contributed by atoms with Crippen LogP contribution >= 0.6 is 0 Å². The van der Waals surface area contributed by atoms with Gasteiger partial charge in [-0.1, -0.05) is 29.8 Å². The minimum absolute atomic E-state index is 0.0398. The highest BCUT2D eigenvalue weighted by atomic mass is 32.2. The largest absolute Gasteiger partial charge is 0.573 e. The van der Waals surface area contributed by atoms with Crippen LogP contribution in [0, 0.1) is 6.92 Å². The van der Waals surface area contributed by atoms with Crippen LogP contribution < -0.4 is 9.46 Å². The summed E-state index contributed by atoms with van der Waals surface area (Å²) in [7, 11) is -3.63. The minimum atomic E-state index is -4.81. The number of halogens is 3. The lowest BCUT2D eigenvalue weighted by atomic mass is 10.1. The van der Waals surface area contributed by atoms with Gasteiger partial charge in [-0.3, -0.25) is 4.72 Å². The third-order valence-corrected chi connectivity index (χ3v) is 6.24. The molecular formula is C19H17F3N4O3S. The quantitative estimate of drug-likeness (QED) is 0.628. The SMILES string of the molecule is Cc1ccc(-c2nc(NS(=O)(=O)C3CC3)n(-c3ccc(OC(F)(F)F)cc3)n2)cc1. The van der Waals surface area contributed by atoms with Crippen LogP contribution in [0.3, 0.4) is 0 Å².